The summed E-state index contributed by atoms with van der Waals surface area (Å²) in [5, 5.41) is 0. The number of hydrogen-bond acceptors (Lipinski definition) is 2. The quantitative estimate of drug-likeness (QED) is 0.247. The summed E-state index contributed by atoms with van der Waals surface area (Å²) in [6, 6.07) is 31.4. The molecule has 1 heterocycles. The first-order valence-corrected chi connectivity index (χ1v) is 12.4. The maximum Gasteiger partial charge on any atom is 0.285 e. The zero-order valence-electron chi connectivity index (χ0n) is 19.1. The average molecular weight is 472 g/mol. The van der Waals surface area contributed by atoms with Crippen LogP contribution in [-0.4, -0.2) is 14.4 Å². The molecule has 0 amide bonds. The Labute approximate surface area is 200 Å². The molecule has 0 spiro atoms. The topological polar surface area (TPSA) is 102 Å². The third-order valence-electron chi connectivity index (χ3n) is 5.48. The Bertz CT molecular complexity index is 1430. The van der Waals surface area contributed by atoms with Gasteiger partial charge < -0.3 is 11.5 Å². The van der Waals surface area contributed by atoms with Crippen molar-refractivity contribution in [1.29, 1.82) is 0 Å². The summed E-state index contributed by atoms with van der Waals surface area (Å²) in [5.41, 5.74) is 16.8. The van der Waals surface area contributed by atoms with Crippen molar-refractivity contribution in [3.63, 3.8) is 0 Å². The molecule has 0 aliphatic heterocycles. The van der Waals surface area contributed by atoms with Crippen LogP contribution < -0.4 is 16.0 Å². The molecule has 4 N–H and O–H groups in total. The van der Waals surface area contributed by atoms with Crippen molar-refractivity contribution in [2.45, 2.75) is 24.7 Å². The van der Waals surface area contributed by atoms with Crippen molar-refractivity contribution in [3.05, 3.63) is 103 Å². The summed E-state index contributed by atoms with van der Waals surface area (Å²) in [6.07, 6.45) is 0. The fourth-order valence-corrected chi connectivity index (χ4v) is 4.77. The highest BCUT2D eigenvalue weighted by Gasteiger charge is 2.26. The van der Waals surface area contributed by atoms with Gasteiger partial charge in [-0.1, -0.05) is 62.4 Å². The van der Waals surface area contributed by atoms with Crippen molar-refractivity contribution in [3.8, 4) is 28.1 Å². The van der Waals surface area contributed by atoms with E-state index in [0.29, 0.717) is 0 Å². The molecule has 3 aromatic carbocycles. The Balaban J connectivity index is 1.95. The predicted molar refractivity (Wildman–Crippen MR) is 136 cm³/mol. The highest BCUT2D eigenvalue weighted by molar-refractivity contribution is 7.90. The third kappa shape index (κ3) is 4.84. The molecule has 0 aliphatic carbocycles. The molecule has 4 aromatic rings. The van der Waals surface area contributed by atoms with Gasteiger partial charge in [0.1, 0.15) is 0 Å². The Hall–Kier alpha value is -3.97. The molecule has 0 unspecified atom stereocenters. The number of benzene rings is 3. The van der Waals surface area contributed by atoms with Gasteiger partial charge in [-0.05, 0) is 35.4 Å². The van der Waals surface area contributed by atoms with E-state index in [2.05, 4.69) is 59.2 Å². The number of guanidine groups is 1. The van der Waals surface area contributed by atoms with Crippen LogP contribution in [0.1, 0.15) is 25.5 Å². The van der Waals surface area contributed by atoms with Crippen LogP contribution in [0.4, 0.5) is 0 Å². The number of rotatable bonds is 6. The van der Waals surface area contributed by atoms with Crippen molar-refractivity contribution < 1.29 is 13.0 Å². The van der Waals surface area contributed by atoms with Crippen LogP contribution in [0.25, 0.3) is 28.1 Å². The molecule has 4 rings (SSSR count). The summed E-state index contributed by atoms with van der Waals surface area (Å²) >= 11 is 0. The van der Waals surface area contributed by atoms with E-state index < -0.39 is 16.0 Å². The van der Waals surface area contributed by atoms with Crippen LogP contribution in [0.5, 0.6) is 0 Å². The predicted octanol–water partition coefficient (Wildman–Crippen LogP) is 4.38. The van der Waals surface area contributed by atoms with E-state index in [9.17, 15) is 8.42 Å². The number of nitrogens with two attached hydrogens (primary N) is 2. The number of hydrogen-bond donors (Lipinski definition) is 2. The molecule has 0 bridgehead atoms. The van der Waals surface area contributed by atoms with Crippen LogP contribution in [0, 0.1) is 0 Å². The fraction of sp³-hybridized carbons (Fsp3) is 0.111. The number of pyridine rings is 1. The third-order valence-corrected chi connectivity index (χ3v) is 6.80. The fourth-order valence-electron chi connectivity index (χ4n) is 3.91. The Morgan fingerprint density at radius 3 is 1.85 bits per heavy atom. The molecule has 0 aliphatic rings. The lowest BCUT2D eigenvalue weighted by atomic mass is 9.97. The van der Waals surface area contributed by atoms with E-state index in [0.717, 1.165) is 33.8 Å². The van der Waals surface area contributed by atoms with Gasteiger partial charge in [0, 0.05) is 35.7 Å². The van der Waals surface area contributed by atoms with Crippen LogP contribution in [0.15, 0.2) is 106 Å². The Morgan fingerprint density at radius 1 is 0.765 bits per heavy atom. The second-order valence-corrected chi connectivity index (χ2v) is 9.87. The monoisotopic (exact) mass is 471 g/mol. The maximum atomic E-state index is 12.4. The SMILES string of the molecule is CC(C)c1cc(-c2ccccc2)cc(-c2ccccc2)[n+]1-c1ccc(S(=O)(=O)N=C(N)N)cc1. The van der Waals surface area contributed by atoms with Gasteiger partial charge in [0.2, 0.25) is 17.3 Å². The van der Waals surface area contributed by atoms with Gasteiger partial charge in [0.05, 0.1) is 4.90 Å². The average Bonchev–Trinajstić information content (AvgIpc) is 2.83. The maximum absolute atomic E-state index is 12.4. The summed E-state index contributed by atoms with van der Waals surface area (Å²) in [7, 11) is -3.96. The minimum Gasteiger partial charge on any atom is -0.369 e. The Kier molecular flexibility index (Phi) is 6.47. The number of nitrogens with zero attached hydrogens (tertiary/aromatic N) is 2. The molecule has 0 radical (unpaired) electrons. The number of sulfonamides is 1. The van der Waals surface area contributed by atoms with Crippen LogP contribution in [-0.2, 0) is 10.0 Å². The Morgan fingerprint density at radius 2 is 1.32 bits per heavy atom. The smallest absolute Gasteiger partial charge is 0.285 e. The molecule has 0 saturated heterocycles. The first-order valence-electron chi connectivity index (χ1n) is 10.9. The zero-order chi connectivity index (χ0) is 24.3. The zero-order valence-corrected chi connectivity index (χ0v) is 19.9. The molecule has 0 atom stereocenters. The molecular weight excluding hydrogens is 444 g/mol. The second kappa shape index (κ2) is 9.49. The molecule has 172 valence electrons. The molecule has 0 fully saturated rings. The molecule has 0 saturated carbocycles. The largest absolute Gasteiger partial charge is 0.369 e. The summed E-state index contributed by atoms with van der Waals surface area (Å²) in [4.78, 5) is 0.0264. The van der Waals surface area contributed by atoms with Crippen molar-refractivity contribution in [1.82, 2.24) is 0 Å². The van der Waals surface area contributed by atoms with Crippen LogP contribution in [0.2, 0.25) is 0 Å². The minimum absolute atomic E-state index is 0.0264. The van der Waals surface area contributed by atoms with Crippen molar-refractivity contribution >= 4 is 16.0 Å². The van der Waals surface area contributed by atoms with E-state index in [1.54, 1.807) is 12.1 Å². The van der Waals surface area contributed by atoms with Gasteiger partial charge in [-0.2, -0.15) is 13.0 Å². The van der Waals surface area contributed by atoms with Crippen molar-refractivity contribution in [2.24, 2.45) is 15.9 Å². The first-order chi connectivity index (χ1) is 16.3. The number of aromatic nitrogens is 1. The van der Waals surface area contributed by atoms with E-state index in [1.807, 2.05) is 36.4 Å². The van der Waals surface area contributed by atoms with Crippen molar-refractivity contribution in [2.75, 3.05) is 0 Å². The van der Waals surface area contributed by atoms with Gasteiger partial charge >= 0.3 is 0 Å². The van der Waals surface area contributed by atoms with Crippen LogP contribution >= 0.6 is 0 Å². The summed E-state index contributed by atoms with van der Waals surface area (Å²) < 4.78 is 30.3. The van der Waals surface area contributed by atoms with E-state index >= 15 is 0 Å². The van der Waals surface area contributed by atoms with E-state index in [4.69, 9.17) is 11.5 Å². The van der Waals surface area contributed by atoms with Gasteiger partial charge in [0.15, 0.2) is 5.69 Å². The molecule has 1 aromatic heterocycles. The standard InChI is InChI=1S/C27H27N4O2S/c1-19(2)25-17-22(20-9-5-3-6-10-20)18-26(21-11-7-4-8-12-21)31(25)23-13-15-24(16-14-23)34(32,33)30-27(28)29/h3-19H,1-2H3,(H4,28,29,30)/q+1. The van der Waals surface area contributed by atoms with E-state index in [1.165, 1.54) is 12.1 Å². The lowest BCUT2D eigenvalue weighted by molar-refractivity contribution is -0.594. The lowest BCUT2D eigenvalue weighted by Gasteiger charge is -2.14. The van der Waals surface area contributed by atoms with Gasteiger partial charge in [-0.3, -0.25) is 0 Å². The highest BCUT2D eigenvalue weighted by Crippen LogP contribution is 2.29. The first kappa shape index (κ1) is 23.2. The minimum atomic E-state index is -3.96. The van der Waals surface area contributed by atoms with Crippen LogP contribution in [0.3, 0.4) is 0 Å². The second-order valence-electron chi connectivity index (χ2n) is 8.26. The highest BCUT2D eigenvalue weighted by atomic mass is 32.2. The summed E-state index contributed by atoms with van der Waals surface area (Å²) in [6.45, 7) is 4.29. The van der Waals surface area contributed by atoms with Gasteiger partial charge in [-0.15, -0.1) is 4.40 Å². The van der Waals surface area contributed by atoms with Gasteiger partial charge in [-0.25, -0.2) is 0 Å². The molecule has 34 heavy (non-hydrogen) atoms. The normalized spacial score (nSPS) is 11.4. The van der Waals surface area contributed by atoms with E-state index in [-0.39, 0.29) is 10.8 Å². The lowest BCUT2D eigenvalue weighted by Crippen LogP contribution is -2.39. The molecular formula is C27H27N4O2S+. The molecule has 7 heteroatoms. The van der Waals surface area contributed by atoms with Gasteiger partial charge in [0.25, 0.3) is 10.0 Å². The molecule has 6 nitrogen and oxygen atoms in total. The summed E-state index contributed by atoms with van der Waals surface area (Å²) in [5.74, 6) is -0.292.